The van der Waals surface area contributed by atoms with Crippen LogP contribution in [0.15, 0.2) is 72.8 Å². The van der Waals surface area contributed by atoms with Crippen LogP contribution in [0, 0.1) is 0 Å². The number of carbonyl (C=O) groups is 2. The van der Waals surface area contributed by atoms with E-state index in [1.165, 1.54) is 18.2 Å². The van der Waals surface area contributed by atoms with E-state index in [-0.39, 0.29) is 20.5 Å². The SMILES string of the molecule is O=C(OC(C(=O)Nc1ccc(Cl)cc1C(F)(F)F)c1ccccc1)c1sc2ccccc2c1Cl. The molecule has 4 aromatic rings. The van der Waals surface area contributed by atoms with Crippen LogP contribution in [-0.2, 0) is 15.7 Å². The summed E-state index contributed by atoms with van der Waals surface area (Å²) in [5.41, 5.74) is -1.37. The maximum atomic E-state index is 13.5. The lowest BCUT2D eigenvalue weighted by Crippen LogP contribution is -2.27. The topological polar surface area (TPSA) is 55.4 Å². The monoisotopic (exact) mass is 523 g/mol. The molecule has 0 bridgehead atoms. The minimum absolute atomic E-state index is 0.0825. The molecule has 0 aliphatic carbocycles. The van der Waals surface area contributed by atoms with Crippen LogP contribution in [0.3, 0.4) is 0 Å². The van der Waals surface area contributed by atoms with Gasteiger partial charge in [-0.1, -0.05) is 71.7 Å². The average Bonchev–Trinajstić information content (AvgIpc) is 3.15. The number of ether oxygens (including phenoxy) is 1. The summed E-state index contributed by atoms with van der Waals surface area (Å²) in [6.07, 6.45) is -6.30. The second-order valence-corrected chi connectivity index (χ2v) is 8.98. The van der Waals surface area contributed by atoms with Crippen LogP contribution in [0.25, 0.3) is 10.1 Å². The maximum Gasteiger partial charge on any atom is 0.418 e. The zero-order chi connectivity index (χ0) is 24.5. The number of alkyl halides is 3. The van der Waals surface area contributed by atoms with Crippen molar-refractivity contribution in [3.8, 4) is 0 Å². The van der Waals surface area contributed by atoms with Crippen LogP contribution in [0.5, 0.6) is 0 Å². The minimum atomic E-state index is -4.77. The number of esters is 1. The lowest BCUT2D eigenvalue weighted by Gasteiger charge is -2.20. The maximum absolute atomic E-state index is 13.5. The molecule has 1 unspecified atom stereocenters. The first-order chi connectivity index (χ1) is 16.1. The van der Waals surface area contributed by atoms with Crippen molar-refractivity contribution in [3.63, 3.8) is 0 Å². The van der Waals surface area contributed by atoms with Gasteiger partial charge in [-0.3, -0.25) is 4.79 Å². The lowest BCUT2D eigenvalue weighted by atomic mass is 10.1. The first kappa shape index (κ1) is 24.1. The Morgan fingerprint density at radius 2 is 1.62 bits per heavy atom. The number of halogens is 5. The Bertz CT molecular complexity index is 1370. The van der Waals surface area contributed by atoms with E-state index in [2.05, 4.69) is 5.32 Å². The van der Waals surface area contributed by atoms with Gasteiger partial charge in [-0.05, 0) is 24.3 Å². The highest BCUT2D eigenvalue weighted by atomic mass is 35.5. The number of amides is 1. The summed E-state index contributed by atoms with van der Waals surface area (Å²) < 4.78 is 46.6. The van der Waals surface area contributed by atoms with E-state index in [0.717, 1.165) is 22.1 Å². The van der Waals surface area contributed by atoms with E-state index < -0.39 is 35.4 Å². The zero-order valence-corrected chi connectivity index (χ0v) is 19.4. The molecule has 0 fully saturated rings. The number of fused-ring (bicyclic) bond motifs is 1. The largest absolute Gasteiger partial charge is 0.443 e. The molecule has 1 aromatic heterocycles. The zero-order valence-electron chi connectivity index (χ0n) is 17.0. The molecule has 0 aliphatic heterocycles. The van der Waals surface area contributed by atoms with Gasteiger partial charge in [0.1, 0.15) is 4.88 Å². The van der Waals surface area contributed by atoms with Gasteiger partial charge in [-0.25, -0.2) is 4.79 Å². The molecule has 1 amide bonds. The number of carbonyl (C=O) groups excluding carboxylic acids is 2. The number of hydrogen-bond donors (Lipinski definition) is 1. The molecule has 0 saturated carbocycles. The van der Waals surface area contributed by atoms with Crippen molar-refractivity contribution < 1.29 is 27.5 Å². The standard InChI is InChI=1S/C24H14Cl2F3NO3S/c25-14-10-11-17(16(12-14)24(27,28)29)30-22(31)20(13-6-2-1-3-7-13)33-23(32)21-19(26)15-8-4-5-9-18(15)34-21/h1-12,20H,(H,30,31). The smallest absolute Gasteiger partial charge is 0.418 e. The number of hydrogen-bond acceptors (Lipinski definition) is 4. The van der Waals surface area contributed by atoms with Gasteiger partial charge in [-0.15, -0.1) is 11.3 Å². The van der Waals surface area contributed by atoms with Gasteiger partial charge in [-0.2, -0.15) is 13.2 Å². The van der Waals surface area contributed by atoms with E-state index in [1.807, 2.05) is 0 Å². The Kier molecular flexibility index (Phi) is 6.84. The van der Waals surface area contributed by atoms with Gasteiger partial charge in [0.2, 0.25) is 6.10 Å². The molecule has 1 atom stereocenters. The molecular formula is C24H14Cl2F3NO3S. The molecule has 1 heterocycles. The van der Waals surface area contributed by atoms with Crippen molar-refractivity contribution >= 4 is 62.2 Å². The van der Waals surface area contributed by atoms with Crippen LogP contribution in [0.4, 0.5) is 18.9 Å². The molecule has 34 heavy (non-hydrogen) atoms. The molecule has 174 valence electrons. The summed E-state index contributed by atoms with van der Waals surface area (Å²) in [6, 6.07) is 18.0. The first-order valence-corrected chi connectivity index (χ1v) is 11.3. The summed E-state index contributed by atoms with van der Waals surface area (Å²) in [4.78, 5) is 26.1. The minimum Gasteiger partial charge on any atom is -0.443 e. The fourth-order valence-corrected chi connectivity index (χ4v) is 4.83. The third kappa shape index (κ3) is 5.04. The van der Waals surface area contributed by atoms with Crippen molar-refractivity contribution in [3.05, 3.63) is 98.8 Å². The van der Waals surface area contributed by atoms with E-state index in [1.54, 1.807) is 42.5 Å². The molecule has 3 aromatic carbocycles. The van der Waals surface area contributed by atoms with Gasteiger partial charge in [0.05, 0.1) is 16.3 Å². The lowest BCUT2D eigenvalue weighted by molar-refractivity contribution is -0.137. The van der Waals surface area contributed by atoms with E-state index in [4.69, 9.17) is 27.9 Å². The van der Waals surface area contributed by atoms with E-state index >= 15 is 0 Å². The molecule has 0 radical (unpaired) electrons. The molecular weight excluding hydrogens is 510 g/mol. The molecule has 4 nitrogen and oxygen atoms in total. The van der Waals surface area contributed by atoms with Crippen molar-refractivity contribution in [2.75, 3.05) is 5.32 Å². The van der Waals surface area contributed by atoms with Gasteiger partial charge in [0, 0.05) is 20.7 Å². The highest BCUT2D eigenvalue weighted by Gasteiger charge is 2.35. The van der Waals surface area contributed by atoms with Crippen molar-refractivity contribution in [2.24, 2.45) is 0 Å². The average molecular weight is 524 g/mol. The quantitative estimate of drug-likeness (QED) is 0.272. The van der Waals surface area contributed by atoms with Crippen LogP contribution in [-0.4, -0.2) is 11.9 Å². The Labute approximate surface area is 205 Å². The summed E-state index contributed by atoms with van der Waals surface area (Å²) in [6.45, 7) is 0. The summed E-state index contributed by atoms with van der Waals surface area (Å²) in [5, 5.41) is 2.90. The third-order valence-corrected chi connectivity index (χ3v) is 6.72. The second kappa shape index (κ2) is 9.66. The fraction of sp³-hybridized carbons (Fsp3) is 0.0833. The van der Waals surface area contributed by atoms with Crippen molar-refractivity contribution in [1.29, 1.82) is 0 Å². The Hall–Kier alpha value is -3.07. The molecule has 10 heteroatoms. The molecule has 1 N–H and O–H groups in total. The number of nitrogens with one attached hydrogen (secondary N) is 1. The second-order valence-electron chi connectivity index (χ2n) is 7.11. The van der Waals surface area contributed by atoms with E-state index in [9.17, 15) is 22.8 Å². The fourth-order valence-electron chi connectivity index (χ4n) is 3.26. The summed E-state index contributed by atoms with van der Waals surface area (Å²) in [7, 11) is 0. The Morgan fingerprint density at radius 1 is 0.941 bits per heavy atom. The predicted molar refractivity (Wildman–Crippen MR) is 127 cm³/mol. The highest BCUT2D eigenvalue weighted by molar-refractivity contribution is 7.21. The Balaban J connectivity index is 1.67. The summed E-state index contributed by atoms with van der Waals surface area (Å²) in [5.74, 6) is -1.84. The van der Waals surface area contributed by atoms with Gasteiger partial charge < -0.3 is 10.1 Å². The summed E-state index contributed by atoms with van der Waals surface area (Å²) >= 11 is 13.1. The number of anilines is 1. The normalized spacial score (nSPS) is 12.4. The number of benzene rings is 3. The van der Waals surface area contributed by atoms with Crippen molar-refractivity contribution in [1.82, 2.24) is 0 Å². The van der Waals surface area contributed by atoms with Gasteiger partial charge >= 0.3 is 12.1 Å². The third-order valence-electron chi connectivity index (χ3n) is 4.83. The van der Waals surface area contributed by atoms with Gasteiger partial charge in [0.15, 0.2) is 0 Å². The predicted octanol–water partition coefficient (Wildman–Crippen LogP) is 7.76. The van der Waals surface area contributed by atoms with Crippen LogP contribution < -0.4 is 5.32 Å². The molecule has 0 spiro atoms. The molecule has 0 aliphatic rings. The molecule has 0 saturated heterocycles. The van der Waals surface area contributed by atoms with Crippen molar-refractivity contribution in [2.45, 2.75) is 12.3 Å². The molecule has 4 rings (SSSR count). The van der Waals surface area contributed by atoms with Crippen LogP contribution in [0.1, 0.15) is 26.9 Å². The van der Waals surface area contributed by atoms with Crippen LogP contribution in [0.2, 0.25) is 10.0 Å². The highest BCUT2D eigenvalue weighted by Crippen LogP contribution is 2.38. The Morgan fingerprint density at radius 3 is 2.29 bits per heavy atom. The van der Waals surface area contributed by atoms with Crippen LogP contribution >= 0.6 is 34.5 Å². The first-order valence-electron chi connectivity index (χ1n) is 9.75. The number of rotatable bonds is 5. The van der Waals surface area contributed by atoms with E-state index in [0.29, 0.717) is 11.5 Å². The van der Waals surface area contributed by atoms with Gasteiger partial charge in [0.25, 0.3) is 5.91 Å². The number of thiophene rings is 1.